The molecule has 0 aliphatic rings. The Kier molecular flexibility index (Phi) is 5.61. The van der Waals surface area contributed by atoms with Crippen molar-refractivity contribution in [3.8, 4) is 0 Å². The summed E-state index contributed by atoms with van der Waals surface area (Å²) in [6, 6.07) is 0. The van der Waals surface area contributed by atoms with E-state index >= 15 is 0 Å². The highest BCUT2D eigenvalue weighted by molar-refractivity contribution is 4.95. The molecule has 0 saturated carbocycles. The summed E-state index contributed by atoms with van der Waals surface area (Å²) in [5.74, 6) is 1.65. The van der Waals surface area contributed by atoms with Gasteiger partial charge >= 0.3 is 0 Å². The van der Waals surface area contributed by atoms with Gasteiger partial charge in [-0.05, 0) is 17.8 Å². The van der Waals surface area contributed by atoms with Crippen molar-refractivity contribution in [2.75, 3.05) is 0 Å². The number of hydrogen-bond acceptors (Lipinski definition) is 0. The van der Waals surface area contributed by atoms with Gasteiger partial charge in [-0.1, -0.05) is 60.3 Å². The monoisotopic (exact) mass is 169 g/mol. The van der Waals surface area contributed by atoms with E-state index in [4.69, 9.17) is 0 Å². The van der Waals surface area contributed by atoms with Crippen molar-refractivity contribution in [2.45, 2.75) is 66.7 Å². The fourth-order valence-corrected chi connectivity index (χ4v) is 1.19. The average Bonchev–Trinajstić information content (AvgIpc) is 1.96. The Hall–Kier alpha value is 0. The number of rotatable bonds is 5. The smallest absolute Gasteiger partial charge is 0.0218 e. The Morgan fingerprint density at radius 2 is 1.58 bits per heavy atom. The molecule has 1 radical (unpaired) electrons. The van der Waals surface area contributed by atoms with Gasteiger partial charge in [0, 0.05) is 0 Å². The lowest BCUT2D eigenvalue weighted by Gasteiger charge is -2.26. The van der Waals surface area contributed by atoms with Gasteiger partial charge in [-0.25, -0.2) is 0 Å². The van der Waals surface area contributed by atoms with E-state index < -0.39 is 0 Å². The van der Waals surface area contributed by atoms with Gasteiger partial charge in [0.05, 0.1) is 0 Å². The molecule has 0 saturated heterocycles. The van der Waals surface area contributed by atoms with Crippen LogP contribution < -0.4 is 0 Å². The molecular weight excluding hydrogens is 144 g/mol. The molecule has 0 N–H and O–H groups in total. The molecule has 0 heterocycles. The highest BCUT2D eigenvalue weighted by atomic mass is 14.2. The molecule has 12 heavy (non-hydrogen) atoms. The average molecular weight is 169 g/mol. The van der Waals surface area contributed by atoms with Gasteiger partial charge in [0.1, 0.15) is 0 Å². The number of hydrogen-bond donors (Lipinski definition) is 0. The molecule has 0 spiro atoms. The molecule has 0 aromatic rings. The minimum atomic E-state index is 0.423. The topological polar surface area (TPSA) is 0 Å². The maximum Gasteiger partial charge on any atom is -0.0218 e. The second-order valence-corrected chi connectivity index (χ2v) is 4.84. The summed E-state index contributed by atoms with van der Waals surface area (Å²) in [5, 5.41) is 0. The molecule has 0 bridgehead atoms. The predicted molar refractivity (Wildman–Crippen MR) is 57.1 cm³/mol. The zero-order valence-electron chi connectivity index (χ0n) is 9.54. The van der Waals surface area contributed by atoms with Crippen LogP contribution in [0, 0.1) is 11.3 Å². The molecule has 0 unspecified atom stereocenters. The second-order valence-electron chi connectivity index (χ2n) is 4.84. The molecule has 0 aliphatic heterocycles. The van der Waals surface area contributed by atoms with Crippen molar-refractivity contribution in [1.29, 1.82) is 0 Å². The third kappa shape index (κ3) is 5.62. The summed E-state index contributed by atoms with van der Waals surface area (Å²) in [6.45, 7) is 11.5. The molecule has 0 heteroatoms. The van der Waals surface area contributed by atoms with E-state index in [1.54, 1.807) is 5.92 Å². The van der Waals surface area contributed by atoms with Crippen molar-refractivity contribution < 1.29 is 0 Å². The molecule has 0 aromatic carbocycles. The van der Waals surface area contributed by atoms with Crippen molar-refractivity contribution >= 4 is 0 Å². The van der Waals surface area contributed by atoms with Gasteiger partial charge in [-0.3, -0.25) is 0 Å². The van der Waals surface area contributed by atoms with Crippen LogP contribution in [0.15, 0.2) is 0 Å². The first-order chi connectivity index (χ1) is 5.48. The van der Waals surface area contributed by atoms with Crippen molar-refractivity contribution in [1.82, 2.24) is 0 Å². The molecule has 0 nitrogen and oxygen atoms in total. The first kappa shape index (κ1) is 12.0. The summed E-state index contributed by atoms with van der Waals surface area (Å²) >= 11 is 0. The zero-order chi connectivity index (χ0) is 9.61. The van der Waals surface area contributed by atoms with E-state index in [1.807, 2.05) is 0 Å². The molecule has 0 aromatic heterocycles. The van der Waals surface area contributed by atoms with Gasteiger partial charge in [-0.2, -0.15) is 0 Å². The van der Waals surface area contributed by atoms with E-state index in [2.05, 4.69) is 34.6 Å². The highest BCUT2D eigenvalue weighted by Crippen LogP contribution is 2.31. The van der Waals surface area contributed by atoms with Crippen LogP contribution in [0.3, 0.4) is 0 Å². The van der Waals surface area contributed by atoms with E-state index in [1.165, 1.54) is 32.1 Å². The fraction of sp³-hybridized carbons (Fsp3) is 0.917. The van der Waals surface area contributed by atoms with Crippen LogP contribution >= 0.6 is 0 Å². The molecule has 0 aliphatic carbocycles. The van der Waals surface area contributed by atoms with E-state index in [-0.39, 0.29) is 0 Å². The molecule has 73 valence electrons. The van der Waals surface area contributed by atoms with E-state index in [9.17, 15) is 0 Å². The lowest BCUT2D eigenvalue weighted by molar-refractivity contribution is 0.401. The first-order valence-corrected chi connectivity index (χ1v) is 5.31. The van der Waals surface area contributed by atoms with Gasteiger partial charge in [0.15, 0.2) is 0 Å². The highest BCUT2D eigenvalue weighted by Gasteiger charge is 2.19. The Morgan fingerprint density at radius 3 is 2.00 bits per heavy atom. The molecule has 0 amide bonds. The van der Waals surface area contributed by atoms with Gasteiger partial charge in [-0.15, -0.1) is 0 Å². The largest absolute Gasteiger partial charge is 0.0654 e. The predicted octanol–water partition coefficient (Wildman–Crippen LogP) is 4.60. The normalized spacial score (nSPS) is 12.5. The number of unbranched alkanes of at least 4 members (excludes halogenated alkanes) is 3. The van der Waals surface area contributed by atoms with Gasteiger partial charge in [0.2, 0.25) is 0 Å². The molecule has 0 fully saturated rings. The molecule has 0 atom stereocenters. The van der Waals surface area contributed by atoms with Crippen LogP contribution in [0.25, 0.3) is 0 Å². The van der Waals surface area contributed by atoms with E-state index in [0.29, 0.717) is 5.41 Å². The zero-order valence-corrected chi connectivity index (χ0v) is 9.54. The molecule has 0 rings (SSSR count). The Balaban J connectivity index is 3.38. The lowest BCUT2D eigenvalue weighted by atomic mass is 9.79. The minimum absolute atomic E-state index is 0.423. The SMILES string of the molecule is CCCCCC[C](C)C(C)(C)C. The fourth-order valence-electron chi connectivity index (χ4n) is 1.19. The Labute approximate surface area is 78.8 Å². The minimum Gasteiger partial charge on any atom is -0.0654 e. The van der Waals surface area contributed by atoms with E-state index in [0.717, 1.165) is 0 Å². The maximum atomic E-state index is 2.31. The first-order valence-electron chi connectivity index (χ1n) is 5.31. The van der Waals surface area contributed by atoms with Crippen LogP contribution in [0.5, 0.6) is 0 Å². The van der Waals surface area contributed by atoms with Crippen LogP contribution in [-0.4, -0.2) is 0 Å². The quantitative estimate of drug-likeness (QED) is 0.528. The summed E-state index contributed by atoms with van der Waals surface area (Å²) in [5.41, 5.74) is 0.423. The lowest BCUT2D eigenvalue weighted by Crippen LogP contribution is -2.14. The summed E-state index contributed by atoms with van der Waals surface area (Å²) in [6.07, 6.45) is 6.86. The standard InChI is InChI=1S/C12H25/c1-6-7-8-9-10-11(2)12(3,4)5/h6-10H2,1-5H3. The summed E-state index contributed by atoms with van der Waals surface area (Å²) in [7, 11) is 0. The Bertz CT molecular complexity index is 97.1. The van der Waals surface area contributed by atoms with Crippen molar-refractivity contribution in [3.05, 3.63) is 5.92 Å². The van der Waals surface area contributed by atoms with Crippen molar-refractivity contribution in [3.63, 3.8) is 0 Å². The van der Waals surface area contributed by atoms with Gasteiger partial charge < -0.3 is 0 Å². The third-order valence-electron chi connectivity index (χ3n) is 2.69. The Morgan fingerprint density at radius 1 is 1.00 bits per heavy atom. The van der Waals surface area contributed by atoms with Crippen LogP contribution in [0.1, 0.15) is 66.7 Å². The summed E-state index contributed by atoms with van der Waals surface area (Å²) < 4.78 is 0. The van der Waals surface area contributed by atoms with Crippen molar-refractivity contribution in [2.24, 2.45) is 5.41 Å². The van der Waals surface area contributed by atoms with Gasteiger partial charge in [0.25, 0.3) is 0 Å². The van der Waals surface area contributed by atoms with Crippen LogP contribution in [0.2, 0.25) is 0 Å². The second kappa shape index (κ2) is 5.61. The van der Waals surface area contributed by atoms with Crippen LogP contribution in [0.4, 0.5) is 0 Å². The summed E-state index contributed by atoms with van der Waals surface area (Å²) in [4.78, 5) is 0. The maximum absolute atomic E-state index is 2.31. The third-order valence-corrected chi connectivity index (χ3v) is 2.69. The molecular formula is C12H25. The van der Waals surface area contributed by atoms with Crippen LogP contribution in [-0.2, 0) is 0 Å².